The number of hydrogen-bond donors (Lipinski definition) is 3. The molecule has 4 heterocycles. The number of aromatic amines is 1. The third-order valence-corrected chi connectivity index (χ3v) is 5.42. The molecule has 9 nitrogen and oxygen atoms in total. The number of nitrogens with zero attached hydrogens (tertiary/aromatic N) is 2. The summed E-state index contributed by atoms with van der Waals surface area (Å²) in [5.41, 5.74) is 3.00. The predicted octanol–water partition coefficient (Wildman–Crippen LogP) is 2.23. The Labute approximate surface area is 173 Å². The van der Waals surface area contributed by atoms with Gasteiger partial charge in [0.25, 0.3) is 5.91 Å². The molecule has 30 heavy (non-hydrogen) atoms. The fraction of sp³-hybridized carbons (Fsp3) is 0.381. The molecule has 0 bridgehead atoms. The van der Waals surface area contributed by atoms with Gasteiger partial charge in [-0.15, -0.1) is 0 Å². The van der Waals surface area contributed by atoms with Crippen LogP contribution in [0.1, 0.15) is 30.1 Å². The van der Waals surface area contributed by atoms with Crippen molar-refractivity contribution in [3.05, 3.63) is 30.2 Å². The van der Waals surface area contributed by atoms with Crippen molar-refractivity contribution >= 4 is 16.9 Å². The highest BCUT2D eigenvalue weighted by Gasteiger charge is 2.27. The van der Waals surface area contributed by atoms with E-state index in [4.69, 9.17) is 14.2 Å². The van der Waals surface area contributed by atoms with Crippen LogP contribution in [0.5, 0.6) is 17.2 Å². The quantitative estimate of drug-likeness (QED) is 0.593. The number of fused-ring (bicyclic) bond motifs is 2. The molecule has 0 spiro atoms. The Bertz CT molecular complexity index is 1090. The molecule has 3 N–H and O–H groups in total. The molecule has 2 aliphatic rings. The van der Waals surface area contributed by atoms with Crippen LogP contribution in [0.25, 0.3) is 22.3 Å². The minimum absolute atomic E-state index is 0.138. The second-order valence-electron chi connectivity index (χ2n) is 7.25. The number of amides is 1. The summed E-state index contributed by atoms with van der Waals surface area (Å²) in [6.07, 6.45) is 4.97. The number of aromatic nitrogens is 3. The van der Waals surface area contributed by atoms with Gasteiger partial charge in [-0.3, -0.25) is 4.79 Å². The molecule has 3 aromatic rings. The number of carbonyl (C=O) groups is 1. The van der Waals surface area contributed by atoms with Crippen LogP contribution in [0.15, 0.2) is 24.7 Å². The van der Waals surface area contributed by atoms with Gasteiger partial charge in [0.2, 0.25) is 6.79 Å². The van der Waals surface area contributed by atoms with Gasteiger partial charge in [0.15, 0.2) is 11.5 Å². The maximum Gasteiger partial charge on any atom is 0.255 e. The molecule has 1 saturated heterocycles. The lowest BCUT2D eigenvalue weighted by Crippen LogP contribution is -2.42. The smallest absolute Gasteiger partial charge is 0.255 e. The Morgan fingerprint density at radius 2 is 2.13 bits per heavy atom. The Kier molecular flexibility index (Phi) is 4.88. The average molecular weight is 409 g/mol. The lowest BCUT2D eigenvalue weighted by molar-refractivity contribution is 0.0931. The number of piperidine rings is 1. The lowest BCUT2D eigenvalue weighted by atomic mass is 10.1. The van der Waals surface area contributed by atoms with Crippen molar-refractivity contribution in [1.29, 1.82) is 0 Å². The van der Waals surface area contributed by atoms with E-state index in [1.807, 2.05) is 19.1 Å². The number of hydrogen-bond acceptors (Lipinski definition) is 7. The van der Waals surface area contributed by atoms with Crippen LogP contribution in [0.3, 0.4) is 0 Å². The van der Waals surface area contributed by atoms with Crippen molar-refractivity contribution in [2.24, 2.45) is 0 Å². The molecular weight excluding hydrogens is 386 g/mol. The van der Waals surface area contributed by atoms with Gasteiger partial charge in [-0.25, -0.2) is 9.97 Å². The Morgan fingerprint density at radius 3 is 2.97 bits per heavy atom. The fourth-order valence-corrected chi connectivity index (χ4v) is 3.99. The summed E-state index contributed by atoms with van der Waals surface area (Å²) in [5.74, 6) is 1.71. The van der Waals surface area contributed by atoms with E-state index in [2.05, 4.69) is 25.6 Å². The van der Waals surface area contributed by atoms with Gasteiger partial charge in [-0.2, -0.15) is 0 Å². The Morgan fingerprint density at radius 1 is 1.27 bits per heavy atom. The van der Waals surface area contributed by atoms with Crippen molar-refractivity contribution in [2.75, 3.05) is 26.5 Å². The lowest BCUT2D eigenvalue weighted by Gasteiger charge is -2.23. The summed E-state index contributed by atoms with van der Waals surface area (Å²) in [6.45, 7) is 4.37. The SMILES string of the molecule is CCOc1ccc2c(c1-c1ncnc3c(C(=O)NC4CCNCC4)c[nH]c13)OCO2. The summed E-state index contributed by atoms with van der Waals surface area (Å²) >= 11 is 0. The molecule has 5 rings (SSSR count). The maximum atomic E-state index is 12.9. The van der Waals surface area contributed by atoms with Gasteiger partial charge in [-0.05, 0) is 45.0 Å². The summed E-state index contributed by atoms with van der Waals surface area (Å²) < 4.78 is 17.1. The highest BCUT2D eigenvalue weighted by atomic mass is 16.7. The summed E-state index contributed by atoms with van der Waals surface area (Å²) in [6, 6.07) is 3.83. The monoisotopic (exact) mass is 409 g/mol. The fourth-order valence-electron chi connectivity index (χ4n) is 3.99. The first kappa shape index (κ1) is 18.7. The van der Waals surface area contributed by atoms with Crippen LogP contribution in [-0.2, 0) is 0 Å². The Balaban J connectivity index is 1.56. The van der Waals surface area contributed by atoms with Crippen molar-refractivity contribution < 1.29 is 19.0 Å². The molecule has 1 amide bonds. The van der Waals surface area contributed by atoms with E-state index in [9.17, 15) is 4.79 Å². The summed E-state index contributed by atoms with van der Waals surface area (Å²) in [7, 11) is 0. The van der Waals surface area contributed by atoms with Crippen LogP contribution in [0, 0.1) is 0 Å². The number of carbonyl (C=O) groups excluding carboxylic acids is 1. The first-order chi connectivity index (χ1) is 14.8. The first-order valence-electron chi connectivity index (χ1n) is 10.2. The molecule has 9 heteroatoms. The molecule has 1 aromatic carbocycles. The zero-order valence-corrected chi connectivity index (χ0v) is 16.7. The molecule has 1 fully saturated rings. The van der Waals surface area contributed by atoms with Gasteiger partial charge in [0.05, 0.1) is 23.3 Å². The van der Waals surface area contributed by atoms with Crippen LogP contribution in [0.2, 0.25) is 0 Å². The molecule has 0 aliphatic carbocycles. The molecule has 0 radical (unpaired) electrons. The molecule has 0 atom stereocenters. The minimum atomic E-state index is -0.138. The Hall–Kier alpha value is -3.33. The van der Waals surface area contributed by atoms with E-state index in [0.29, 0.717) is 51.7 Å². The summed E-state index contributed by atoms with van der Waals surface area (Å²) in [5, 5.41) is 6.42. The molecule has 2 aromatic heterocycles. The zero-order chi connectivity index (χ0) is 20.5. The normalized spacial score (nSPS) is 16.0. The molecular formula is C21H23N5O4. The average Bonchev–Trinajstić information content (AvgIpc) is 3.41. The van der Waals surface area contributed by atoms with E-state index in [1.165, 1.54) is 6.33 Å². The predicted molar refractivity (Wildman–Crippen MR) is 110 cm³/mol. The second-order valence-corrected chi connectivity index (χ2v) is 7.25. The van der Waals surface area contributed by atoms with E-state index >= 15 is 0 Å². The largest absolute Gasteiger partial charge is 0.493 e. The van der Waals surface area contributed by atoms with Gasteiger partial charge in [0, 0.05) is 12.2 Å². The maximum absolute atomic E-state index is 12.9. The van der Waals surface area contributed by atoms with Crippen LogP contribution >= 0.6 is 0 Å². The number of benzene rings is 1. The molecule has 2 aliphatic heterocycles. The number of rotatable bonds is 5. The van der Waals surface area contributed by atoms with E-state index in [1.54, 1.807) is 6.20 Å². The van der Waals surface area contributed by atoms with E-state index in [0.717, 1.165) is 25.9 Å². The van der Waals surface area contributed by atoms with Gasteiger partial charge >= 0.3 is 0 Å². The van der Waals surface area contributed by atoms with Gasteiger partial charge in [0.1, 0.15) is 23.3 Å². The highest BCUT2D eigenvalue weighted by molar-refractivity contribution is 6.08. The minimum Gasteiger partial charge on any atom is -0.493 e. The number of nitrogens with one attached hydrogen (secondary N) is 3. The van der Waals surface area contributed by atoms with Gasteiger partial charge in [-0.1, -0.05) is 0 Å². The van der Waals surface area contributed by atoms with E-state index < -0.39 is 0 Å². The third kappa shape index (κ3) is 3.21. The van der Waals surface area contributed by atoms with Crippen LogP contribution in [0.4, 0.5) is 0 Å². The standard InChI is InChI=1S/C21H23N5O4/c1-2-28-14-3-4-15-20(30-11-29-15)16(14)18-19-17(24-10-25-18)13(9-23-19)21(27)26-12-5-7-22-8-6-12/h3-4,9-10,12,22-23H,2,5-8,11H2,1H3,(H,26,27). The molecule has 156 valence electrons. The third-order valence-electron chi connectivity index (χ3n) is 5.42. The van der Waals surface area contributed by atoms with E-state index in [-0.39, 0.29) is 18.7 Å². The number of ether oxygens (including phenoxy) is 3. The van der Waals surface area contributed by atoms with Crippen molar-refractivity contribution in [3.8, 4) is 28.5 Å². The van der Waals surface area contributed by atoms with Crippen molar-refractivity contribution in [1.82, 2.24) is 25.6 Å². The van der Waals surface area contributed by atoms with Gasteiger partial charge < -0.3 is 29.8 Å². The molecule has 0 unspecified atom stereocenters. The highest BCUT2D eigenvalue weighted by Crippen LogP contribution is 2.47. The first-order valence-corrected chi connectivity index (χ1v) is 10.2. The van der Waals surface area contributed by atoms with Crippen LogP contribution in [-0.4, -0.2) is 53.4 Å². The topological polar surface area (TPSA) is 110 Å². The van der Waals surface area contributed by atoms with Crippen molar-refractivity contribution in [2.45, 2.75) is 25.8 Å². The van der Waals surface area contributed by atoms with Crippen molar-refractivity contribution in [3.63, 3.8) is 0 Å². The summed E-state index contributed by atoms with van der Waals surface area (Å²) in [4.78, 5) is 25.0. The van der Waals surface area contributed by atoms with Crippen LogP contribution < -0.4 is 24.8 Å². The zero-order valence-electron chi connectivity index (χ0n) is 16.7. The molecule has 0 saturated carbocycles. The second kappa shape index (κ2) is 7.83. The number of H-pyrrole nitrogens is 1.